The Morgan fingerprint density at radius 1 is 1.53 bits per heavy atom. The zero-order chi connectivity index (χ0) is 12.3. The molecule has 1 amide bonds. The predicted molar refractivity (Wildman–Crippen MR) is 63.8 cm³/mol. The molecule has 1 N–H and O–H groups in total. The molecule has 4 heteroatoms. The van der Waals surface area contributed by atoms with Gasteiger partial charge in [-0.1, -0.05) is 12.8 Å². The van der Waals surface area contributed by atoms with E-state index in [9.17, 15) is 4.79 Å². The minimum absolute atomic E-state index is 0.0130. The summed E-state index contributed by atoms with van der Waals surface area (Å²) in [6, 6.07) is 2.03. The van der Waals surface area contributed by atoms with Crippen LogP contribution in [0.15, 0.2) is 16.7 Å². The highest BCUT2D eigenvalue weighted by Gasteiger charge is 2.27. The van der Waals surface area contributed by atoms with Crippen molar-refractivity contribution in [2.45, 2.75) is 38.6 Å². The fourth-order valence-corrected chi connectivity index (χ4v) is 2.50. The van der Waals surface area contributed by atoms with Gasteiger partial charge in [0.1, 0.15) is 12.0 Å². The number of aliphatic hydroxyl groups is 1. The van der Waals surface area contributed by atoms with E-state index in [0.717, 1.165) is 18.6 Å². The fraction of sp³-hybridized carbons (Fsp3) is 0.615. The summed E-state index contributed by atoms with van der Waals surface area (Å²) in [7, 11) is 0. The van der Waals surface area contributed by atoms with Crippen molar-refractivity contribution in [2.24, 2.45) is 0 Å². The SMILES string of the molecule is Cc1cc(C(=O)N(CCO)C2CCCC2)co1. The first-order valence-corrected chi connectivity index (χ1v) is 6.19. The summed E-state index contributed by atoms with van der Waals surface area (Å²) >= 11 is 0. The van der Waals surface area contributed by atoms with Crippen LogP contribution >= 0.6 is 0 Å². The van der Waals surface area contributed by atoms with Crippen LogP contribution in [0.2, 0.25) is 0 Å². The van der Waals surface area contributed by atoms with Crippen molar-refractivity contribution in [3.63, 3.8) is 0 Å². The maximum atomic E-state index is 12.3. The summed E-state index contributed by atoms with van der Waals surface area (Å²) in [6.07, 6.45) is 5.93. The molecule has 1 fully saturated rings. The molecule has 1 aliphatic rings. The van der Waals surface area contributed by atoms with E-state index in [-0.39, 0.29) is 18.6 Å². The lowest BCUT2D eigenvalue weighted by molar-refractivity contribution is 0.0637. The third-order valence-corrected chi connectivity index (χ3v) is 3.34. The van der Waals surface area contributed by atoms with E-state index in [1.165, 1.54) is 19.1 Å². The Morgan fingerprint density at radius 2 is 2.24 bits per heavy atom. The van der Waals surface area contributed by atoms with Gasteiger partial charge in [0.05, 0.1) is 12.2 Å². The van der Waals surface area contributed by atoms with Gasteiger partial charge in [-0.2, -0.15) is 0 Å². The summed E-state index contributed by atoms with van der Waals surface area (Å²) in [5.41, 5.74) is 0.586. The Morgan fingerprint density at radius 3 is 2.76 bits per heavy atom. The molecular weight excluding hydrogens is 218 g/mol. The van der Waals surface area contributed by atoms with Crippen molar-refractivity contribution in [3.8, 4) is 0 Å². The molecule has 1 saturated carbocycles. The van der Waals surface area contributed by atoms with Crippen molar-refractivity contribution in [3.05, 3.63) is 23.7 Å². The molecule has 0 aliphatic heterocycles. The molecule has 1 aromatic heterocycles. The lowest BCUT2D eigenvalue weighted by Gasteiger charge is -2.27. The van der Waals surface area contributed by atoms with Crippen molar-refractivity contribution in [1.29, 1.82) is 0 Å². The van der Waals surface area contributed by atoms with E-state index in [1.54, 1.807) is 11.0 Å². The van der Waals surface area contributed by atoms with Crippen molar-refractivity contribution >= 4 is 5.91 Å². The first kappa shape index (κ1) is 12.2. The summed E-state index contributed by atoms with van der Waals surface area (Å²) < 4.78 is 5.17. The second-order valence-electron chi connectivity index (χ2n) is 4.61. The van der Waals surface area contributed by atoms with Crippen LogP contribution in [0.3, 0.4) is 0 Å². The zero-order valence-corrected chi connectivity index (χ0v) is 10.2. The molecular formula is C13H19NO3. The Labute approximate surface area is 101 Å². The number of hydrogen-bond acceptors (Lipinski definition) is 3. The summed E-state index contributed by atoms with van der Waals surface area (Å²) in [4.78, 5) is 14.1. The number of hydrogen-bond donors (Lipinski definition) is 1. The molecule has 94 valence electrons. The summed E-state index contributed by atoms with van der Waals surface area (Å²) in [6.45, 7) is 2.25. The van der Waals surface area contributed by atoms with Gasteiger partial charge >= 0.3 is 0 Å². The molecule has 0 radical (unpaired) electrons. The summed E-state index contributed by atoms with van der Waals surface area (Å²) in [5.74, 6) is 0.714. The topological polar surface area (TPSA) is 53.7 Å². The highest BCUT2D eigenvalue weighted by atomic mass is 16.3. The highest BCUT2D eigenvalue weighted by Crippen LogP contribution is 2.25. The first-order valence-electron chi connectivity index (χ1n) is 6.19. The van der Waals surface area contributed by atoms with Crippen LogP contribution in [0.25, 0.3) is 0 Å². The van der Waals surface area contributed by atoms with Crippen LogP contribution < -0.4 is 0 Å². The number of amides is 1. The molecule has 1 aromatic rings. The van der Waals surface area contributed by atoms with Gasteiger partial charge in [0.2, 0.25) is 0 Å². The Hall–Kier alpha value is -1.29. The molecule has 2 rings (SSSR count). The minimum atomic E-state index is -0.0252. The largest absolute Gasteiger partial charge is 0.469 e. The number of aliphatic hydroxyl groups excluding tert-OH is 1. The van der Waals surface area contributed by atoms with Gasteiger partial charge in [0.15, 0.2) is 0 Å². The maximum absolute atomic E-state index is 12.3. The zero-order valence-electron chi connectivity index (χ0n) is 10.2. The Bertz CT molecular complexity index is 380. The number of furan rings is 1. The molecule has 1 heterocycles. The smallest absolute Gasteiger partial charge is 0.257 e. The number of carbonyl (C=O) groups excluding carboxylic acids is 1. The highest BCUT2D eigenvalue weighted by molar-refractivity contribution is 5.94. The summed E-state index contributed by atoms with van der Waals surface area (Å²) in [5, 5.41) is 9.08. The van der Waals surface area contributed by atoms with E-state index >= 15 is 0 Å². The lowest BCUT2D eigenvalue weighted by atomic mass is 10.1. The van der Waals surface area contributed by atoms with Gasteiger partial charge in [-0.05, 0) is 25.8 Å². The quantitative estimate of drug-likeness (QED) is 0.871. The predicted octanol–water partition coefficient (Wildman–Crippen LogP) is 1.97. The fourth-order valence-electron chi connectivity index (χ4n) is 2.50. The number of aryl methyl sites for hydroxylation is 1. The molecule has 0 spiro atoms. The average Bonchev–Trinajstić information content (AvgIpc) is 2.95. The molecule has 4 nitrogen and oxygen atoms in total. The second kappa shape index (κ2) is 5.36. The van der Waals surface area contributed by atoms with E-state index < -0.39 is 0 Å². The second-order valence-corrected chi connectivity index (χ2v) is 4.61. The van der Waals surface area contributed by atoms with Crippen molar-refractivity contribution < 1.29 is 14.3 Å². The van der Waals surface area contributed by atoms with Crippen LogP contribution in [0.5, 0.6) is 0 Å². The van der Waals surface area contributed by atoms with E-state index in [0.29, 0.717) is 12.1 Å². The van der Waals surface area contributed by atoms with E-state index in [2.05, 4.69) is 0 Å². The first-order chi connectivity index (χ1) is 8.22. The van der Waals surface area contributed by atoms with Crippen molar-refractivity contribution in [2.75, 3.05) is 13.2 Å². The van der Waals surface area contributed by atoms with Gasteiger partial charge in [-0.3, -0.25) is 4.79 Å². The lowest BCUT2D eigenvalue weighted by Crippen LogP contribution is -2.40. The Balaban J connectivity index is 2.12. The molecule has 17 heavy (non-hydrogen) atoms. The molecule has 0 saturated heterocycles. The van der Waals surface area contributed by atoms with Crippen molar-refractivity contribution in [1.82, 2.24) is 4.90 Å². The van der Waals surface area contributed by atoms with Crippen LogP contribution in [0.1, 0.15) is 41.8 Å². The maximum Gasteiger partial charge on any atom is 0.257 e. The monoisotopic (exact) mass is 237 g/mol. The van der Waals surface area contributed by atoms with Gasteiger partial charge in [0, 0.05) is 12.6 Å². The number of nitrogens with zero attached hydrogens (tertiary/aromatic N) is 1. The molecule has 0 bridgehead atoms. The third-order valence-electron chi connectivity index (χ3n) is 3.34. The average molecular weight is 237 g/mol. The van der Waals surface area contributed by atoms with E-state index in [4.69, 9.17) is 9.52 Å². The number of rotatable bonds is 4. The number of carbonyl (C=O) groups is 1. The standard InChI is InChI=1S/C13H19NO3/c1-10-8-11(9-17-10)13(16)14(6-7-15)12-4-2-3-5-12/h8-9,12,15H,2-7H2,1H3. The van der Waals surface area contributed by atoms with Gasteiger partial charge in [-0.15, -0.1) is 0 Å². The van der Waals surface area contributed by atoms with Gasteiger partial charge in [0.25, 0.3) is 5.91 Å². The third kappa shape index (κ3) is 2.69. The molecule has 1 aliphatic carbocycles. The molecule has 0 atom stereocenters. The van der Waals surface area contributed by atoms with Crippen LogP contribution in [0.4, 0.5) is 0 Å². The normalized spacial score (nSPS) is 16.4. The van der Waals surface area contributed by atoms with Crippen LogP contribution in [-0.2, 0) is 0 Å². The van der Waals surface area contributed by atoms with Crippen LogP contribution in [0, 0.1) is 6.92 Å². The van der Waals surface area contributed by atoms with Crippen LogP contribution in [-0.4, -0.2) is 35.1 Å². The minimum Gasteiger partial charge on any atom is -0.469 e. The Kier molecular flexibility index (Phi) is 3.84. The van der Waals surface area contributed by atoms with Gasteiger partial charge < -0.3 is 14.4 Å². The molecule has 0 unspecified atom stereocenters. The van der Waals surface area contributed by atoms with Gasteiger partial charge in [-0.25, -0.2) is 0 Å². The molecule has 0 aromatic carbocycles. The van der Waals surface area contributed by atoms with E-state index in [1.807, 2.05) is 6.92 Å².